The SMILES string of the molecule is CC/C(=C(\c1ccc(O)cc1)c1ccc(OCCN(C)C(=O)COCCNC(=O)c2cccc3c2CN(C2CCC(=O)NC2=O)C3=O)cc1)c1ccccc1. The molecular formula is C43H44N4O8. The van der Waals surface area contributed by atoms with Crippen molar-refractivity contribution in [1.29, 1.82) is 0 Å². The molecule has 2 heterocycles. The summed E-state index contributed by atoms with van der Waals surface area (Å²) >= 11 is 0. The molecule has 4 aromatic rings. The summed E-state index contributed by atoms with van der Waals surface area (Å²) in [6.45, 7) is 2.88. The summed E-state index contributed by atoms with van der Waals surface area (Å²) in [6, 6.07) is 29.4. The number of amides is 5. The zero-order chi connectivity index (χ0) is 38.9. The predicted molar refractivity (Wildman–Crippen MR) is 206 cm³/mol. The fraction of sp³-hybridized carbons (Fsp3) is 0.279. The number of phenolic OH excluding ortho intramolecular Hbond substituents is 1. The number of likely N-dealkylation sites (N-methyl/N-ethyl adjacent to an activating group) is 1. The second kappa shape index (κ2) is 17.7. The minimum atomic E-state index is -0.773. The summed E-state index contributed by atoms with van der Waals surface area (Å²) in [5, 5.41) is 15.0. The molecule has 55 heavy (non-hydrogen) atoms. The van der Waals surface area contributed by atoms with Crippen LogP contribution in [0.1, 0.15) is 69.2 Å². The van der Waals surface area contributed by atoms with Gasteiger partial charge in [0, 0.05) is 37.7 Å². The van der Waals surface area contributed by atoms with E-state index in [9.17, 15) is 29.1 Å². The number of nitrogens with zero attached hydrogens (tertiary/aromatic N) is 2. The Hall–Kier alpha value is -6.27. The zero-order valence-electron chi connectivity index (χ0n) is 30.9. The number of aromatic hydroxyl groups is 1. The van der Waals surface area contributed by atoms with E-state index in [1.54, 1.807) is 37.4 Å². The van der Waals surface area contributed by atoms with E-state index < -0.39 is 17.9 Å². The Morgan fingerprint density at radius 2 is 1.60 bits per heavy atom. The van der Waals surface area contributed by atoms with Gasteiger partial charge in [0.1, 0.15) is 30.8 Å². The molecule has 6 rings (SSSR count). The number of nitrogens with one attached hydrogen (secondary N) is 2. The zero-order valence-corrected chi connectivity index (χ0v) is 30.9. The minimum absolute atomic E-state index is 0.0875. The Morgan fingerprint density at radius 1 is 0.891 bits per heavy atom. The number of carbonyl (C=O) groups excluding carboxylic acids is 5. The maximum atomic E-state index is 13.1. The van der Waals surface area contributed by atoms with Crippen molar-refractivity contribution in [3.63, 3.8) is 0 Å². The molecule has 1 atom stereocenters. The van der Waals surface area contributed by atoms with E-state index in [1.165, 1.54) is 15.4 Å². The summed E-state index contributed by atoms with van der Waals surface area (Å²) < 4.78 is 11.5. The van der Waals surface area contributed by atoms with E-state index in [2.05, 4.69) is 29.7 Å². The average Bonchev–Trinajstić information content (AvgIpc) is 3.53. The van der Waals surface area contributed by atoms with Crippen molar-refractivity contribution in [2.24, 2.45) is 0 Å². The fourth-order valence-corrected chi connectivity index (χ4v) is 6.85. The molecule has 12 heteroatoms. The van der Waals surface area contributed by atoms with Crippen molar-refractivity contribution >= 4 is 40.7 Å². The Morgan fingerprint density at radius 3 is 2.29 bits per heavy atom. The second-order valence-electron chi connectivity index (χ2n) is 13.3. The molecule has 2 aliphatic heterocycles. The molecule has 12 nitrogen and oxygen atoms in total. The van der Waals surface area contributed by atoms with E-state index >= 15 is 0 Å². The number of hydrogen-bond acceptors (Lipinski definition) is 8. The molecule has 0 aromatic heterocycles. The van der Waals surface area contributed by atoms with Crippen molar-refractivity contribution < 1.29 is 38.6 Å². The van der Waals surface area contributed by atoms with Crippen LogP contribution < -0.4 is 15.4 Å². The lowest BCUT2D eigenvalue weighted by molar-refractivity contribution is -0.137. The van der Waals surface area contributed by atoms with Gasteiger partial charge >= 0.3 is 0 Å². The number of piperidine rings is 1. The third-order valence-electron chi connectivity index (χ3n) is 9.78. The average molecular weight is 745 g/mol. The van der Waals surface area contributed by atoms with E-state index in [-0.39, 0.29) is 69.2 Å². The largest absolute Gasteiger partial charge is 0.508 e. The number of fused-ring (bicyclic) bond motifs is 1. The maximum Gasteiger partial charge on any atom is 0.255 e. The number of rotatable bonds is 15. The summed E-state index contributed by atoms with van der Waals surface area (Å²) in [5.41, 5.74) is 6.58. The number of phenols is 1. The number of imide groups is 1. The third kappa shape index (κ3) is 9.10. The number of ether oxygens (including phenoxy) is 2. The molecule has 1 fully saturated rings. The van der Waals surface area contributed by atoms with Gasteiger partial charge in [0.2, 0.25) is 17.7 Å². The Kier molecular flexibility index (Phi) is 12.4. The van der Waals surface area contributed by atoms with Gasteiger partial charge in [-0.25, -0.2) is 0 Å². The van der Waals surface area contributed by atoms with Crippen molar-refractivity contribution in [1.82, 2.24) is 20.4 Å². The van der Waals surface area contributed by atoms with E-state index in [0.29, 0.717) is 29.0 Å². The van der Waals surface area contributed by atoms with Gasteiger partial charge in [-0.15, -0.1) is 0 Å². The van der Waals surface area contributed by atoms with Crippen LogP contribution in [-0.2, 0) is 25.7 Å². The number of allylic oxidation sites excluding steroid dienone is 1. The van der Waals surface area contributed by atoms with Crippen LogP contribution >= 0.6 is 0 Å². The summed E-state index contributed by atoms with van der Waals surface area (Å²) in [4.78, 5) is 65.7. The Balaban J connectivity index is 0.950. The highest BCUT2D eigenvalue weighted by Gasteiger charge is 2.40. The first-order chi connectivity index (χ1) is 26.6. The van der Waals surface area contributed by atoms with Gasteiger partial charge in [0.15, 0.2) is 0 Å². The molecular weight excluding hydrogens is 700 g/mol. The Bertz CT molecular complexity index is 2080. The lowest BCUT2D eigenvalue weighted by atomic mass is 9.88. The molecule has 0 aliphatic carbocycles. The van der Waals surface area contributed by atoms with Crippen LogP contribution in [0.15, 0.2) is 97.1 Å². The van der Waals surface area contributed by atoms with Crippen LogP contribution in [0, 0.1) is 0 Å². The second-order valence-corrected chi connectivity index (χ2v) is 13.3. The third-order valence-corrected chi connectivity index (χ3v) is 9.78. The molecule has 1 unspecified atom stereocenters. The predicted octanol–water partition coefficient (Wildman–Crippen LogP) is 4.81. The van der Waals surface area contributed by atoms with Gasteiger partial charge in [-0.05, 0) is 82.6 Å². The lowest BCUT2D eigenvalue weighted by Crippen LogP contribution is -2.52. The van der Waals surface area contributed by atoms with E-state index in [1.807, 2.05) is 54.6 Å². The standard InChI is InChI=1S/C43H44N4O8/c1-3-33(28-8-5-4-6-9-28)40(29-12-16-31(48)17-13-29)30-14-18-32(19-15-30)55-25-23-46(2)39(50)27-54-24-22-44-41(51)34-10-7-11-35-36(34)26-47(43(35)53)37-20-21-38(49)45-42(37)52/h4-19,37,48H,3,20-27H2,1-2H3,(H,44,51)(H,45,49,52)/b40-33-. The summed E-state index contributed by atoms with van der Waals surface area (Å²) in [7, 11) is 1.67. The molecule has 0 bridgehead atoms. The normalized spacial score (nSPS) is 15.6. The van der Waals surface area contributed by atoms with Crippen molar-refractivity contribution in [3.05, 3.63) is 130 Å². The molecule has 1 saturated heterocycles. The van der Waals surface area contributed by atoms with Crippen molar-refractivity contribution in [2.75, 3.05) is 40.0 Å². The highest BCUT2D eigenvalue weighted by atomic mass is 16.5. The number of hydrogen-bond donors (Lipinski definition) is 3. The van der Waals surface area contributed by atoms with Gasteiger partial charge in [-0.1, -0.05) is 67.6 Å². The van der Waals surface area contributed by atoms with Crippen LogP contribution in [0.5, 0.6) is 11.5 Å². The van der Waals surface area contributed by atoms with E-state index in [0.717, 1.165) is 28.7 Å². The first-order valence-electron chi connectivity index (χ1n) is 18.3. The highest BCUT2D eigenvalue weighted by molar-refractivity contribution is 6.08. The van der Waals surface area contributed by atoms with Crippen molar-refractivity contribution in [3.8, 4) is 11.5 Å². The Labute approximate surface area is 319 Å². The molecule has 0 saturated carbocycles. The molecule has 2 aliphatic rings. The summed E-state index contributed by atoms with van der Waals surface area (Å²) in [6.07, 6.45) is 1.18. The summed E-state index contributed by atoms with van der Waals surface area (Å²) in [5.74, 6) is -1.01. The van der Waals surface area contributed by atoms with Gasteiger partial charge in [-0.2, -0.15) is 0 Å². The molecule has 5 amide bonds. The lowest BCUT2D eigenvalue weighted by Gasteiger charge is -2.29. The van der Waals surface area contributed by atoms with Crippen LogP contribution in [0.2, 0.25) is 0 Å². The molecule has 0 spiro atoms. The van der Waals surface area contributed by atoms with Crippen LogP contribution in [0.25, 0.3) is 11.1 Å². The molecule has 284 valence electrons. The first-order valence-corrected chi connectivity index (χ1v) is 18.3. The maximum absolute atomic E-state index is 13.1. The first kappa shape index (κ1) is 38.5. The molecule has 0 radical (unpaired) electrons. The monoisotopic (exact) mass is 744 g/mol. The highest BCUT2D eigenvalue weighted by Crippen LogP contribution is 2.36. The van der Waals surface area contributed by atoms with Crippen LogP contribution in [0.3, 0.4) is 0 Å². The van der Waals surface area contributed by atoms with Gasteiger partial charge in [-0.3, -0.25) is 29.3 Å². The smallest absolute Gasteiger partial charge is 0.255 e. The van der Waals surface area contributed by atoms with Gasteiger partial charge < -0.3 is 29.7 Å². The number of carbonyl (C=O) groups is 5. The van der Waals surface area contributed by atoms with Gasteiger partial charge in [0.25, 0.3) is 11.8 Å². The van der Waals surface area contributed by atoms with Gasteiger partial charge in [0.05, 0.1) is 13.2 Å². The quantitative estimate of drug-likeness (QED) is 0.0891. The molecule has 4 aromatic carbocycles. The van der Waals surface area contributed by atoms with Crippen molar-refractivity contribution in [2.45, 2.75) is 38.8 Å². The van der Waals surface area contributed by atoms with Crippen LogP contribution in [0.4, 0.5) is 0 Å². The van der Waals surface area contributed by atoms with Crippen LogP contribution in [-0.4, -0.2) is 90.4 Å². The topological polar surface area (TPSA) is 155 Å². The minimum Gasteiger partial charge on any atom is -0.508 e. The number of benzene rings is 4. The molecule has 3 N–H and O–H groups in total. The van der Waals surface area contributed by atoms with E-state index in [4.69, 9.17) is 9.47 Å². The fourth-order valence-electron chi connectivity index (χ4n) is 6.85.